The molecule has 4 nitrogen and oxygen atoms in total. The third kappa shape index (κ3) is 3.13. The molecule has 0 spiro atoms. The number of ketones is 2. The van der Waals surface area contributed by atoms with Crippen LogP contribution in [0.1, 0.15) is 74.2 Å². The van der Waals surface area contributed by atoms with E-state index in [0.717, 1.165) is 5.56 Å². The Morgan fingerprint density at radius 2 is 1.29 bits per heavy atom. The van der Waals surface area contributed by atoms with Gasteiger partial charge < -0.3 is 10.2 Å². The van der Waals surface area contributed by atoms with E-state index < -0.39 is 17.0 Å². The lowest BCUT2D eigenvalue weighted by molar-refractivity contribution is -0.110. The van der Waals surface area contributed by atoms with E-state index in [1.807, 2.05) is 47.6 Å². The predicted molar refractivity (Wildman–Crippen MR) is 111 cm³/mol. The maximum atomic E-state index is 12.9. The number of hydrogen-bond donors (Lipinski definition) is 2. The summed E-state index contributed by atoms with van der Waals surface area (Å²) >= 11 is 0. The largest absolute Gasteiger partial charge is 0.507 e. The van der Waals surface area contributed by atoms with Crippen molar-refractivity contribution in [1.29, 1.82) is 0 Å². The average molecular weight is 378 g/mol. The summed E-state index contributed by atoms with van der Waals surface area (Å²) in [5, 5.41) is 21.9. The quantitative estimate of drug-likeness (QED) is 0.671. The van der Waals surface area contributed by atoms with Gasteiger partial charge >= 0.3 is 0 Å². The summed E-state index contributed by atoms with van der Waals surface area (Å²) in [6.45, 7) is 12.0. The number of Topliss-reactive ketones (excluding diaryl/α,β-unsaturated/α-hetero) is 2. The van der Waals surface area contributed by atoms with Crippen LogP contribution in [0.5, 0.6) is 5.75 Å². The monoisotopic (exact) mass is 378 g/mol. The molecule has 0 unspecified atom stereocenters. The van der Waals surface area contributed by atoms with Gasteiger partial charge in [-0.2, -0.15) is 0 Å². The molecule has 0 atom stereocenters. The van der Waals surface area contributed by atoms with Crippen molar-refractivity contribution >= 4 is 22.9 Å². The number of hydrogen-bond acceptors (Lipinski definition) is 4. The van der Waals surface area contributed by atoms with E-state index in [9.17, 15) is 19.8 Å². The lowest BCUT2D eigenvalue weighted by Gasteiger charge is -2.28. The SMILES string of the molecule is CC(C)(C)c1cc(C2=C(O)c3ccccc3C(=O)C2=O)c(O)c(C(C)(C)C)c1. The van der Waals surface area contributed by atoms with Crippen LogP contribution in [-0.2, 0) is 15.6 Å². The fraction of sp³-hybridized carbons (Fsp3) is 0.333. The summed E-state index contributed by atoms with van der Waals surface area (Å²) in [5.74, 6) is -1.84. The summed E-state index contributed by atoms with van der Waals surface area (Å²) < 4.78 is 0. The zero-order valence-electron chi connectivity index (χ0n) is 17.2. The fourth-order valence-electron chi connectivity index (χ4n) is 3.45. The van der Waals surface area contributed by atoms with E-state index in [4.69, 9.17) is 0 Å². The van der Waals surface area contributed by atoms with Gasteiger partial charge in [0.05, 0.1) is 5.57 Å². The van der Waals surface area contributed by atoms with Crippen molar-refractivity contribution in [2.75, 3.05) is 0 Å². The molecule has 2 N–H and O–H groups in total. The molecule has 0 aromatic heterocycles. The summed E-state index contributed by atoms with van der Waals surface area (Å²) in [6, 6.07) is 10.1. The molecule has 0 amide bonds. The number of aromatic hydroxyl groups is 1. The van der Waals surface area contributed by atoms with Gasteiger partial charge in [-0.1, -0.05) is 71.9 Å². The molecule has 1 aliphatic carbocycles. The van der Waals surface area contributed by atoms with Gasteiger partial charge in [0.15, 0.2) is 0 Å². The van der Waals surface area contributed by atoms with Crippen LogP contribution in [0, 0.1) is 0 Å². The summed E-state index contributed by atoms with van der Waals surface area (Å²) in [6.07, 6.45) is 0. The maximum absolute atomic E-state index is 12.9. The van der Waals surface area contributed by atoms with Gasteiger partial charge in [-0.25, -0.2) is 0 Å². The summed E-state index contributed by atoms with van der Waals surface area (Å²) in [7, 11) is 0. The molecule has 0 bridgehead atoms. The van der Waals surface area contributed by atoms with Gasteiger partial charge in [-0.15, -0.1) is 0 Å². The van der Waals surface area contributed by atoms with Crippen LogP contribution in [0.3, 0.4) is 0 Å². The van der Waals surface area contributed by atoms with Crippen LogP contribution < -0.4 is 0 Å². The van der Waals surface area contributed by atoms with Crippen LogP contribution >= 0.6 is 0 Å². The van der Waals surface area contributed by atoms with E-state index in [-0.39, 0.29) is 33.6 Å². The second-order valence-electron chi connectivity index (χ2n) is 9.35. The van der Waals surface area contributed by atoms with Gasteiger partial charge in [-0.3, -0.25) is 9.59 Å². The Kier molecular flexibility index (Phi) is 4.49. The molecular weight excluding hydrogens is 352 g/mol. The molecular formula is C24H26O4. The first-order valence-electron chi connectivity index (χ1n) is 9.34. The van der Waals surface area contributed by atoms with Crippen molar-refractivity contribution in [1.82, 2.24) is 0 Å². The Morgan fingerprint density at radius 1 is 0.714 bits per heavy atom. The highest BCUT2D eigenvalue weighted by atomic mass is 16.3. The van der Waals surface area contributed by atoms with Crippen molar-refractivity contribution in [2.45, 2.75) is 52.4 Å². The summed E-state index contributed by atoms with van der Waals surface area (Å²) in [5.41, 5.74) is 1.46. The van der Waals surface area contributed by atoms with Crippen LogP contribution in [0.15, 0.2) is 36.4 Å². The molecule has 2 aromatic carbocycles. The first-order valence-corrected chi connectivity index (χ1v) is 9.34. The smallest absolute Gasteiger partial charge is 0.238 e. The van der Waals surface area contributed by atoms with E-state index in [2.05, 4.69) is 0 Å². The van der Waals surface area contributed by atoms with Gasteiger partial charge in [0.2, 0.25) is 11.6 Å². The number of carbonyl (C=O) groups is 2. The van der Waals surface area contributed by atoms with E-state index in [1.54, 1.807) is 24.3 Å². The van der Waals surface area contributed by atoms with Crippen molar-refractivity contribution in [3.63, 3.8) is 0 Å². The predicted octanol–water partition coefficient (Wildman–Crippen LogP) is 5.18. The molecule has 0 fully saturated rings. The zero-order chi connectivity index (χ0) is 21.0. The number of fused-ring (bicyclic) bond motifs is 1. The first-order chi connectivity index (χ1) is 12.8. The maximum Gasteiger partial charge on any atom is 0.238 e. The number of phenols is 1. The topological polar surface area (TPSA) is 74.6 Å². The molecule has 1 aliphatic rings. The molecule has 146 valence electrons. The number of benzene rings is 2. The second-order valence-corrected chi connectivity index (χ2v) is 9.35. The first kappa shape index (κ1) is 19.9. The minimum Gasteiger partial charge on any atom is -0.507 e. The molecule has 3 rings (SSSR count). The van der Waals surface area contributed by atoms with Gasteiger partial charge in [0, 0.05) is 22.3 Å². The molecule has 0 heterocycles. The number of allylic oxidation sites excluding steroid dienone is 1. The minimum absolute atomic E-state index is 0.0809. The lowest BCUT2D eigenvalue weighted by atomic mass is 9.76. The summed E-state index contributed by atoms with van der Waals surface area (Å²) in [4.78, 5) is 25.5. The number of phenolic OH excluding ortho intramolecular Hbond substituents is 1. The average Bonchev–Trinajstić information content (AvgIpc) is 2.59. The highest BCUT2D eigenvalue weighted by Gasteiger charge is 2.36. The molecule has 0 aliphatic heterocycles. The minimum atomic E-state index is -0.808. The molecule has 0 radical (unpaired) electrons. The molecule has 2 aromatic rings. The number of carbonyl (C=O) groups excluding carboxylic acids is 2. The number of aliphatic hydroxyl groups is 1. The lowest BCUT2D eigenvalue weighted by Crippen LogP contribution is -2.24. The van der Waals surface area contributed by atoms with Crippen LogP contribution in [-0.4, -0.2) is 21.8 Å². The van der Waals surface area contributed by atoms with Gasteiger partial charge in [0.25, 0.3) is 0 Å². The second kappa shape index (κ2) is 6.33. The molecule has 0 saturated carbocycles. The Bertz CT molecular complexity index is 1030. The van der Waals surface area contributed by atoms with Crippen molar-refractivity contribution in [2.24, 2.45) is 0 Å². The fourth-order valence-corrected chi connectivity index (χ4v) is 3.45. The van der Waals surface area contributed by atoms with Crippen molar-refractivity contribution in [3.8, 4) is 5.75 Å². The Morgan fingerprint density at radius 3 is 1.82 bits per heavy atom. The Balaban J connectivity index is 2.41. The number of aliphatic hydroxyl groups excluding tert-OH is 1. The van der Waals surface area contributed by atoms with Gasteiger partial charge in [0.1, 0.15) is 11.5 Å². The Hall–Kier alpha value is -2.88. The third-order valence-electron chi connectivity index (χ3n) is 5.15. The van der Waals surface area contributed by atoms with Crippen LogP contribution in [0.4, 0.5) is 0 Å². The van der Waals surface area contributed by atoms with E-state index in [1.165, 1.54) is 6.07 Å². The zero-order valence-corrected chi connectivity index (χ0v) is 17.2. The van der Waals surface area contributed by atoms with E-state index >= 15 is 0 Å². The third-order valence-corrected chi connectivity index (χ3v) is 5.15. The highest BCUT2D eigenvalue weighted by molar-refractivity contribution is 6.62. The highest BCUT2D eigenvalue weighted by Crippen LogP contribution is 2.43. The standard InChI is InChI=1S/C24H26O4/c1-23(2,3)13-11-16(19(25)17(12-13)24(4,5)6)18-20(26)14-9-7-8-10-15(14)21(27)22(18)28/h7-12,25-26H,1-6H3. The number of rotatable bonds is 1. The molecule has 28 heavy (non-hydrogen) atoms. The van der Waals surface area contributed by atoms with Crippen LogP contribution in [0.25, 0.3) is 11.3 Å². The van der Waals surface area contributed by atoms with E-state index in [0.29, 0.717) is 11.1 Å². The van der Waals surface area contributed by atoms with Crippen LogP contribution in [0.2, 0.25) is 0 Å². The molecule has 4 heteroatoms. The van der Waals surface area contributed by atoms with Gasteiger partial charge in [-0.05, 0) is 22.5 Å². The van der Waals surface area contributed by atoms with Crippen molar-refractivity contribution in [3.05, 3.63) is 64.2 Å². The molecule has 0 saturated heterocycles. The van der Waals surface area contributed by atoms with Crippen molar-refractivity contribution < 1.29 is 19.8 Å². The normalized spacial score (nSPS) is 15.1. The Labute approximate surface area is 165 Å².